The number of aromatic nitrogens is 2. The lowest BCUT2D eigenvalue weighted by atomic mass is 9.87. The van der Waals surface area contributed by atoms with Crippen LogP contribution in [0.5, 0.6) is 0 Å². The van der Waals surface area contributed by atoms with Gasteiger partial charge in [0, 0.05) is 25.0 Å². The summed E-state index contributed by atoms with van der Waals surface area (Å²) in [7, 11) is 0. The summed E-state index contributed by atoms with van der Waals surface area (Å²) in [6.45, 7) is 4.53. The lowest BCUT2D eigenvalue weighted by molar-refractivity contribution is 0.325. The van der Waals surface area contributed by atoms with Crippen molar-refractivity contribution in [2.75, 3.05) is 6.54 Å². The third-order valence-electron chi connectivity index (χ3n) is 4.59. The van der Waals surface area contributed by atoms with E-state index < -0.39 is 0 Å². The lowest BCUT2D eigenvalue weighted by Gasteiger charge is -2.26. The number of hydrogen-bond acceptors (Lipinski definition) is 2. The first-order chi connectivity index (χ1) is 8.83. The van der Waals surface area contributed by atoms with E-state index in [-0.39, 0.29) is 0 Å². The van der Waals surface area contributed by atoms with Gasteiger partial charge >= 0.3 is 0 Å². The maximum atomic E-state index is 4.06. The molecule has 1 N–H and O–H groups in total. The van der Waals surface area contributed by atoms with Crippen molar-refractivity contribution in [1.82, 2.24) is 14.9 Å². The molecule has 0 radical (unpaired) electrons. The van der Waals surface area contributed by atoms with Gasteiger partial charge in [-0.05, 0) is 50.5 Å². The van der Waals surface area contributed by atoms with Gasteiger partial charge < -0.3 is 9.88 Å². The summed E-state index contributed by atoms with van der Waals surface area (Å²) >= 11 is 0. The molecule has 2 aliphatic rings. The fourth-order valence-electron chi connectivity index (χ4n) is 3.56. The summed E-state index contributed by atoms with van der Waals surface area (Å²) in [5, 5.41) is 3.70. The lowest BCUT2D eigenvalue weighted by Crippen LogP contribution is -2.36. The number of allylic oxidation sites excluding steroid dienone is 2. The highest BCUT2D eigenvalue weighted by Crippen LogP contribution is 2.44. The van der Waals surface area contributed by atoms with Crippen LogP contribution in [0, 0.1) is 17.8 Å². The largest absolute Gasteiger partial charge is 0.337 e. The Morgan fingerprint density at radius 1 is 1.39 bits per heavy atom. The Kier molecular flexibility index (Phi) is 3.50. The summed E-state index contributed by atoms with van der Waals surface area (Å²) in [5.41, 5.74) is 0. The van der Waals surface area contributed by atoms with Crippen LogP contribution in [0.2, 0.25) is 0 Å². The quantitative estimate of drug-likeness (QED) is 0.616. The molecule has 3 heteroatoms. The molecule has 3 nitrogen and oxygen atoms in total. The highest BCUT2D eigenvalue weighted by atomic mass is 15.0. The number of nitrogens with one attached hydrogen (secondary N) is 1. The monoisotopic (exact) mass is 245 g/mol. The van der Waals surface area contributed by atoms with Gasteiger partial charge in [0.05, 0.1) is 6.33 Å². The molecular formula is C15H23N3. The molecule has 0 amide bonds. The van der Waals surface area contributed by atoms with Crippen molar-refractivity contribution in [3.05, 3.63) is 30.9 Å². The third kappa shape index (κ3) is 2.51. The van der Waals surface area contributed by atoms with Gasteiger partial charge in [0.1, 0.15) is 0 Å². The number of nitrogens with zero attached hydrogens (tertiary/aromatic N) is 2. The normalized spacial score (nSPS) is 31.1. The zero-order chi connectivity index (χ0) is 12.4. The first-order valence-corrected chi connectivity index (χ1v) is 7.20. The standard InChI is InChI=1S/C15H23N3/c1-12(15-10-13-3-4-14(15)9-13)17-5-2-7-18-8-6-16-11-18/h3-4,6,8,11-15,17H,2,5,7,9-10H2,1H3. The Balaban J connectivity index is 1.37. The minimum atomic E-state index is 0.660. The number of rotatable bonds is 6. The van der Waals surface area contributed by atoms with Crippen molar-refractivity contribution in [1.29, 1.82) is 0 Å². The van der Waals surface area contributed by atoms with Crippen LogP contribution in [-0.4, -0.2) is 22.1 Å². The van der Waals surface area contributed by atoms with Gasteiger partial charge in [0.15, 0.2) is 0 Å². The van der Waals surface area contributed by atoms with Crippen LogP contribution in [0.3, 0.4) is 0 Å². The molecule has 3 rings (SSSR count). The van der Waals surface area contributed by atoms with E-state index in [2.05, 4.69) is 33.9 Å². The molecule has 1 aromatic rings. The molecular weight excluding hydrogens is 222 g/mol. The van der Waals surface area contributed by atoms with Crippen LogP contribution in [-0.2, 0) is 6.54 Å². The van der Waals surface area contributed by atoms with Crippen molar-refractivity contribution < 1.29 is 0 Å². The highest BCUT2D eigenvalue weighted by molar-refractivity contribution is 5.11. The van der Waals surface area contributed by atoms with Crippen LogP contribution in [0.4, 0.5) is 0 Å². The van der Waals surface area contributed by atoms with Gasteiger partial charge in [-0.3, -0.25) is 0 Å². The second kappa shape index (κ2) is 5.27. The van der Waals surface area contributed by atoms with E-state index in [1.54, 1.807) is 0 Å². The smallest absolute Gasteiger partial charge is 0.0945 e. The van der Waals surface area contributed by atoms with Crippen molar-refractivity contribution in [3.63, 3.8) is 0 Å². The Labute approximate surface area is 109 Å². The Morgan fingerprint density at radius 2 is 2.33 bits per heavy atom. The predicted octanol–water partition coefficient (Wildman–Crippen LogP) is 2.46. The van der Waals surface area contributed by atoms with E-state index in [4.69, 9.17) is 0 Å². The number of hydrogen-bond donors (Lipinski definition) is 1. The molecule has 0 saturated heterocycles. The topological polar surface area (TPSA) is 29.9 Å². The van der Waals surface area contributed by atoms with E-state index in [0.717, 1.165) is 30.8 Å². The van der Waals surface area contributed by atoms with Gasteiger partial charge in [-0.1, -0.05) is 12.2 Å². The molecule has 1 fully saturated rings. The van der Waals surface area contributed by atoms with E-state index in [0.29, 0.717) is 6.04 Å². The molecule has 18 heavy (non-hydrogen) atoms. The molecule has 4 atom stereocenters. The van der Waals surface area contributed by atoms with Crippen LogP contribution >= 0.6 is 0 Å². The average molecular weight is 245 g/mol. The summed E-state index contributed by atoms with van der Waals surface area (Å²) in [4.78, 5) is 4.06. The van der Waals surface area contributed by atoms with Gasteiger partial charge in [-0.2, -0.15) is 0 Å². The second-order valence-corrected chi connectivity index (χ2v) is 5.84. The maximum absolute atomic E-state index is 4.06. The minimum Gasteiger partial charge on any atom is -0.337 e. The van der Waals surface area contributed by atoms with Crippen LogP contribution in [0.15, 0.2) is 30.9 Å². The van der Waals surface area contributed by atoms with Crippen molar-refractivity contribution in [3.8, 4) is 0 Å². The maximum Gasteiger partial charge on any atom is 0.0945 e. The average Bonchev–Trinajstić information content (AvgIpc) is 3.10. The summed E-state index contributed by atoms with van der Waals surface area (Å²) in [5.74, 6) is 2.61. The zero-order valence-electron chi connectivity index (χ0n) is 11.1. The fraction of sp³-hybridized carbons (Fsp3) is 0.667. The highest BCUT2D eigenvalue weighted by Gasteiger charge is 2.38. The first-order valence-electron chi connectivity index (χ1n) is 7.20. The summed E-state index contributed by atoms with van der Waals surface area (Å²) < 4.78 is 2.15. The van der Waals surface area contributed by atoms with E-state index in [1.165, 1.54) is 19.3 Å². The SMILES string of the molecule is CC(NCCCn1ccnc1)C1CC2C=CC1C2. The number of imidazole rings is 1. The minimum absolute atomic E-state index is 0.660. The molecule has 1 heterocycles. The molecule has 2 bridgehead atoms. The van der Waals surface area contributed by atoms with Crippen LogP contribution < -0.4 is 5.32 Å². The van der Waals surface area contributed by atoms with Crippen LogP contribution in [0.25, 0.3) is 0 Å². The van der Waals surface area contributed by atoms with Crippen molar-refractivity contribution >= 4 is 0 Å². The Bertz CT molecular complexity index is 396. The number of aryl methyl sites for hydroxylation is 1. The van der Waals surface area contributed by atoms with Gasteiger partial charge in [-0.25, -0.2) is 4.98 Å². The molecule has 4 unspecified atom stereocenters. The molecule has 0 spiro atoms. The fourth-order valence-corrected chi connectivity index (χ4v) is 3.56. The summed E-state index contributed by atoms with van der Waals surface area (Å²) in [6, 6.07) is 0.660. The van der Waals surface area contributed by atoms with E-state index in [9.17, 15) is 0 Å². The van der Waals surface area contributed by atoms with Gasteiger partial charge in [-0.15, -0.1) is 0 Å². The van der Waals surface area contributed by atoms with Gasteiger partial charge in [0.2, 0.25) is 0 Å². The molecule has 98 valence electrons. The van der Waals surface area contributed by atoms with E-state index in [1.807, 2.05) is 18.7 Å². The van der Waals surface area contributed by atoms with Gasteiger partial charge in [0.25, 0.3) is 0 Å². The summed E-state index contributed by atoms with van der Waals surface area (Å²) in [6.07, 6.45) is 14.6. The molecule has 2 aliphatic carbocycles. The molecule has 1 saturated carbocycles. The van der Waals surface area contributed by atoms with Crippen LogP contribution in [0.1, 0.15) is 26.2 Å². The molecule has 0 aliphatic heterocycles. The first kappa shape index (κ1) is 12.0. The van der Waals surface area contributed by atoms with Crippen molar-refractivity contribution in [2.45, 2.75) is 38.8 Å². The number of fused-ring (bicyclic) bond motifs is 2. The zero-order valence-corrected chi connectivity index (χ0v) is 11.1. The van der Waals surface area contributed by atoms with E-state index >= 15 is 0 Å². The molecule has 1 aromatic heterocycles. The predicted molar refractivity (Wildman–Crippen MR) is 73.2 cm³/mol. The third-order valence-corrected chi connectivity index (χ3v) is 4.59. The second-order valence-electron chi connectivity index (χ2n) is 5.84. The Morgan fingerprint density at radius 3 is 3.00 bits per heavy atom. The Hall–Kier alpha value is -1.09. The molecule has 0 aromatic carbocycles. The van der Waals surface area contributed by atoms with Crippen molar-refractivity contribution in [2.24, 2.45) is 17.8 Å².